The maximum absolute atomic E-state index is 3.69. The number of rotatable bonds is 5. The molecule has 0 aromatic heterocycles. The molecule has 106 valence electrons. The second kappa shape index (κ2) is 6.06. The summed E-state index contributed by atoms with van der Waals surface area (Å²) in [4.78, 5) is 2.43. The molecule has 0 saturated heterocycles. The lowest BCUT2D eigenvalue weighted by molar-refractivity contribution is 0.153. The van der Waals surface area contributed by atoms with Crippen LogP contribution in [0.1, 0.15) is 42.4 Å². The molecule has 1 aliphatic rings. The Morgan fingerprint density at radius 3 is 2.47 bits per heavy atom. The van der Waals surface area contributed by atoms with Gasteiger partial charge in [-0.3, -0.25) is 0 Å². The summed E-state index contributed by atoms with van der Waals surface area (Å²) in [6.45, 7) is 6.51. The minimum Gasteiger partial charge on any atom is -0.311 e. The predicted molar refractivity (Wildman–Crippen MR) is 82.5 cm³/mol. The summed E-state index contributed by atoms with van der Waals surface area (Å²) in [5.41, 5.74) is 4.65. The molecule has 1 saturated carbocycles. The van der Waals surface area contributed by atoms with E-state index in [9.17, 15) is 0 Å². The van der Waals surface area contributed by atoms with E-state index in [2.05, 4.69) is 56.4 Å². The lowest BCUT2D eigenvalue weighted by Gasteiger charge is -2.36. The minimum absolute atomic E-state index is 0.387. The van der Waals surface area contributed by atoms with Gasteiger partial charge in [-0.05, 0) is 57.5 Å². The second-order valence-corrected chi connectivity index (χ2v) is 6.29. The predicted octanol–water partition coefficient (Wildman–Crippen LogP) is 3.27. The highest BCUT2D eigenvalue weighted by atomic mass is 15.2. The normalized spacial score (nSPS) is 18.2. The van der Waals surface area contributed by atoms with Crippen LogP contribution < -0.4 is 5.32 Å². The Balaban J connectivity index is 1.94. The zero-order chi connectivity index (χ0) is 13.9. The Labute approximate surface area is 118 Å². The summed E-state index contributed by atoms with van der Waals surface area (Å²) in [6.07, 6.45) is 5.42. The third-order valence-electron chi connectivity index (χ3n) is 4.97. The van der Waals surface area contributed by atoms with Crippen LogP contribution in [-0.2, 0) is 6.54 Å². The zero-order valence-electron chi connectivity index (χ0n) is 12.9. The smallest absolute Gasteiger partial charge is 0.0328 e. The van der Waals surface area contributed by atoms with Gasteiger partial charge in [0.1, 0.15) is 0 Å². The summed E-state index contributed by atoms with van der Waals surface area (Å²) in [7, 11) is 4.45. The molecule has 2 nitrogen and oxygen atoms in total. The van der Waals surface area contributed by atoms with Gasteiger partial charge < -0.3 is 10.2 Å². The lowest BCUT2D eigenvalue weighted by Crippen LogP contribution is -2.49. The number of nitrogens with zero attached hydrogens (tertiary/aromatic N) is 1. The van der Waals surface area contributed by atoms with Crippen molar-refractivity contribution in [2.24, 2.45) is 0 Å². The molecule has 1 aliphatic carbocycles. The van der Waals surface area contributed by atoms with E-state index >= 15 is 0 Å². The molecule has 0 aliphatic heterocycles. The Kier molecular flexibility index (Phi) is 4.64. The molecular formula is C17H28N2. The number of nitrogens with one attached hydrogen (secondary N) is 1. The Morgan fingerprint density at radius 2 is 1.84 bits per heavy atom. The van der Waals surface area contributed by atoms with Crippen LogP contribution in [0.2, 0.25) is 0 Å². The van der Waals surface area contributed by atoms with Crippen molar-refractivity contribution in [1.29, 1.82) is 0 Å². The highest BCUT2D eigenvalue weighted by molar-refractivity contribution is 5.32. The molecule has 0 radical (unpaired) electrons. The van der Waals surface area contributed by atoms with Crippen molar-refractivity contribution in [2.75, 3.05) is 20.6 Å². The van der Waals surface area contributed by atoms with E-state index in [1.807, 2.05) is 0 Å². The lowest BCUT2D eigenvalue weighted by atomic mass is 9.95. The Morgan fingerprint density at radius 1 is 1.16 bits per heavy atom. The quantitative estimate of drug-likeness (QED) is 0.874. The number of benzene rings is 1. The standard InChI is InChI=1S/C17H28N2/c1-14-8-7-9-16(15(14)2)12-18-13-17(19(3)4)10-5-6-11-17/h7-9,18H,5-6,10-13H2,1-4H3. The fourth-order valence-electron chi connectivity index (χ4n) is 3.25. The van der Waals surface area contributed by atoms with E-state index in [-0.39, 0.29) is 0 Å². The van der Waals surface area contributed by atoms with Crippen molar-refractivity contribution in [2.45, 2.75) is 51.6 Å². The van der Waals surface area contributed by atoms with Crippen LogP contribution in [0.25, 0.3) is 0 Å². The summed E-state index contributed by atoms with van der Waals surface area (Å²) in [5.74, 6) is 0. The summed E-state index contributed by atoms with van der Waals surface area (Å²) in [5, 5.41) is 3.69. The monoisotopic (exact) mass is 260 g/mol. The maximum Gasteiger partial charge on any atom is 0.0328 e. The van der Waals surface area contributed by atoms with Crippen LogP contribution in [0.3, 0.4) is 0 Å². The average Bonchev–Trinajstić information content (AvgIpc) is 2.85. The average molecular weight is 260 g/mol. The van der Waals surface area contributed by atoms with Crippen molar-refractivity contribution in [1.82, 2.24) is 10.2 Å². The van der Waals surface area contributed by atoms with E-state index in [4.69, 9.17) is 0 Å². The summed E-state index contributed by atoms with van der Waals surface area (Å²) in [6, 6.07) is 6.60. The highest BCUT2D eigenvalue weighted by Crippen LogP contribution is 2.33. The molecular weight excluding hydrogens is 232 g/mol. The first-order valence-electron chi connectivity index (χ1n) is 7.48. The van der Waals surface area contributed by atoms with Gasteiger partial charge in [-0.25, -0.2) is 0 Å². The molecule has 2 heteroatoms. The van der Waals surface area contributed by atoms with Crippen molar-refractivity contribution in [3.8, 4) is 0 Å². The van der Waals surface area contributed by atoms with Gasteiger partial charge in [-0.1, -0.05) is 31.0 Å². The molecule has 2 rings (SSSR count). The zero-order valence-corrected chi connectivity index (χ0v) is 12.9. The van der Waals surface area contributed by atoms with Gasteiger partial charge in [0, 0.05) is 18.6 Å². The van der Waals surface area contributed by atoms with Gasteiger partial charge in [0.05, 0.1) is 0 Å². The van der Waals surface area contributed by atoms with Crippen LogP contribution >= 0.6 is 0 Å². The topological polar surface area (TPSA) is 15.3 Å². The number of hydrogen-bond donors (Lipinski definition) is 1. The first-order chi connectivity index (χ1) is 9.05. The van der Waals surface area contributed by atoms with Crippen molar-refractivity contribution in [3.05, 3.63) is 34.9 Å². The van der Waals surface area contributed by atoms with E-state index < -0.39 is 0 Å². The first-order valence-corrected chi connectivity index (χ1v) is 7.48. The molecule has 19 heavy (non-hydrogen) atoms. The van der Waals surface area contributed by atoms with Crippen LogP contribution in [0.5, 0.6) is 0 Å². The Bertz CT molecular complexity index is 417. The minimum atomic E-state index is 0.387. The molecule has 0 heterocycles. The van der Waals surface area contributed by atoms with Crippen LogP contribution in [0.15, 0.2) is 18.2 Å². The van der Waals surface area contributed by atoms with Crippen molar-refractivity contribution < 1.29 is 0 Å². The molecule has 1 aromatic carbocycles. The van der Waals surface area contributed by atoms with E-state index in [0.29, 0.717) is 5.54 Å². The molecule has 1 fully saturated rings. The van der Waals surface area contributed by atoms with Gasteiger partial charge in [0.2, 0.25) is 0 Å². The largest absolute Gasteiger partial charge is 0.311 e. The fraction of sp³-hybridized carbons (Fsp3) is 0.647. The third-order valence-corrected chi connectivity index (χ3v) is 4.97. The Hall–Kier alpha value is -0.860. The molecule has 0 unspecified atom stereocenters. The summed E-state index contributed by atoms with van der Waals surface area (Å²) >= 11 is 0. The highest BCUT2D eigenvalue weighted by Gasteiger charge is 2.35. The molecule has 1 N–H and O–H groups in total. The van der Waals surface area contributed by atoms with Gasteiger partial charge >= 0.3 is 0 Å². The van der Waals surface area contributed by atoms with E-state index in [1.165, 1.54) is 42.4 Å². The van der Waals surface area contributed by atoms with Gasteiger partial charge in [-0.2, -0.15) is 0 Å². The van der Waals surface area contributed by atoms with Crippen LogP contribution in [-0.4, -0.2) is 31.1 Å². The van der Waals surface area contributed by atoms with Crippen molar-refractivity contribution >= 4 is 0 Å². The molecule has 0 atom stereocenters. The number of likely N-dealkylation sites (N-methyl/N-ethyl adjacent to an activating group) is 1. The molecule has 0 spiro atoms. The molecule has 0 amide bonds. The van der Waals surface area contributed by atoms with Gasteiger partial charge in [-0.15, -0.1) is 0 Å². The van der Waals surface area contributed by atoms with Gasteiger partial charge in [0.15, 0.2) is 0 Å². The summed E-state index contributed by atoms with van der Waals surface area (Å²) < 4.78 is 0. The van der Waals surface area contributed by atoms with Crippen molar-refractivity contribution in [3.63, 3.8) is 0 Å². The van der Waals surface area contributed by atoms with Gasteiger partial charge in [0.25, 0.3) is 0 Å². The first kappa shape index (κ1) is 14.5. The number of aryl methyl sites for hydroxylation is 1. The maximum atomic E-state index is 3.69. The molecule has 0 bridgehead atoms. The van der Waals surface area contributed by atoms with Crippen LogP contribution in [0.4, 0.5) is 0 Å². The SMILES string of the molecule is Cc1cccc(CNCC2(N(C)C)CCCC2)c1C. The van der Waals surface area contributed by atoms with E-state index in [1.54, 1.807) is 0 Å². The van der Waals surface area contributed by atoms with Crippen LogP contribution in [0, 0.1) is 13.8 Å². The second-order valence-electron chi connectivity index (χ2n) is 6.29. The third kappa shape index (κ3) is 3.18. The molecule has 1 aromatic rings. The number of hydrogen-bond acceptors (Lipinski definition) is 2. The van der Waals surface area contributed by atoms with E-state index in [0.717, 1.165) is 13.1 Å². The fourth-order valence-corrected chi connectivity index (χ4v) is 3.25.